The van der Waals surface area contributed by atoms with Gasteiger partial charge >= 0.3 is 5.97 Å². The van der Waals surface area contributed by atoms with Gasteiger partial charge in [-0.25, -0.2) is 14.2 Å². The van der Waals surface area contributed by atoms with Crippen LogP contribution in [0.2, 0.25) is 5.02 Å². The van der Waals surface area contributed by atoms with Gasteiger partial charge in [0.1, 0.15) is 11.1 Å². The van der Waals surface area contributed by atoms with Gasteiger partial charge < -0.3 is 10.4 Å². The van der Waals surface area contributed by atoms with Crippen LogP contribution < -0.4 is 5.32 Å². The Balaban J connectivity index is 1.54. The van der Waals surface area contributed by atoms with Crippen LogP contribution in [0.25, 0.3) is 0 Å². The molecule has 1 atom stereocenters. The monoisotopic (exact) mass is 525 g/mol. The highest BCUT2D eigenvalue weighted by molar-refractivity contribution is 8.15. The minimum Gasteiger partial charge on any atom is -0.478 e. The lowest BCUT2D eigenvalue weighted by atomic mass is 10.1. The zero-order valence-corrected chi connectivity index (χ0v) is 20.4. The number of amides is 2. The zero-order chi connectivity index (χ0) is 25.7. The minimum atomic E-state index is -1.11. The van der Waals surface area contributed by atoms with Crippen molar-refractivity contribution in [3.63, 3.8) is 0 Å². The SMILES string of the molecule is O=C(O)c1cccc(NC(=O)C2CC(=O)N(CCc3ccc(Cl)cc3)C(=Nc3ccc(F)cc3)S2)c1. The number of hydrogen-bond donors (Lipinski definition) is 2. The van der Waals surface area contributed by atoms with Crippen LogP contribution in [-0.4, -0.2) is 44.8 Å². The lowest BCUT2D eigenvalue weighted by Crippen LogP contribution is -2.46. The van der Waals surface area contributed by atoms with E-state index < -0.39 is 22.9 Å². The van der Waals surface area contributed by atoms with Crippen molar-refractivity contribution in [2.24, 2.45) is 4.99 Å². The summed E-state index contributed by atoms with van der Waals surface area (Å²) >= 11 is 7.09. The van der Waals surface area contributed by atoms with Gasteiger partial charge in [-0.1, -0.05) is 41.6 Å². The number of carboxylic acid groups (broad SMARTS) is 1. The van der Waals surface area contributed by atoms with Crippen molar-refractivity contribution in [3.05, 3.63) is 94.8 Å². The zero-order valence-electron chi connectivity index (χ0n) is 18.9. The molecule has 1 aliphatic heterocycles. The van der Waals surface area contributed by atoms with Crippen LogP contribution >= 0.6 is 23.4 Å². The molecule has 3 aromatic carbocycles. The molecule has 0 radical (unpaired) electrons. The number of halogens is 2. The first-order valence-corrected chi connectivity index (χ1v) is 12.2. The average molecular weight is 526 g/mol. The number of amidine groups is 1. The first-order chi connectivity index (χ1) is 17.3. The first kappa shape index (κ1) is 25.4. The molecular weight excluding hydrogens is 505 g/mol. The molecule has 3 aromatic rings. The number of aromatic carboxylic acids is 1. The summed E-state index contributed by atoms with van der Waals surface area (Å²) in [6.45, 7) is 0.336. The maximum Gasteiger partial charge on any atom is 0.335 e. The van der Waals surface area contributed by atoms with Gasteiger partial charge in [-0.2, -0.15) is 0 Å². The van der Waals surface area contributed by atoms with Gasteiger partial charge in [0.15, 0.2) is 5.17 Å². The van der Waals surface area contributed by atoms with Gasteiger partial charge in [0.2, 0.25) is 11.8 Å². The quantitative estimate of drug-likeness (QED) is 0.431. The van der Waals surface area contributed by atoms with E-state index in [1.54, 1.807) is 18.2 Å². The number of nitrogens with one attached hydrogen (secondary N) is 1. The molecule has 36 heavy (non-hydrogen) atoms. The lowest BCUT2D eigenvalue weighted by molar-refractivity contribution is -0.129. The third-order valence-corrected chi connectivity index (χ3v) is 6.84. The molecule has 0 spiro atoms. The van der Waals surface area contributed by atoms with Crippen LogP contribution in [0.5, 0.6) is 0 Å². The predicted octanol–water partition coefficient (Wildman–Crippen LogP) is 5.38. The number of carbonyl (C=O) groups is 3. The molecule has 2 amide bonds. The summed E-state index contributed by atoms with van der Waals surface area (Å²) in [5, 5.41) is 12.0. The van der Waals surface area contributed by atoms with Crippen molar-refractivity contribution >= 4 is 57.7 Å². The van der Waals surface area contributed by atoms with Gasteiger partial charge in [-0.15, -0.1) is 0 Å². The Morgan fingerprint density at radius 2 is 1.83 bits per heavy atom. The number of hydrogen-bond acceptors (Lipinski definition) is 5. The Morgan fingerprint density at radius 3 is 2.53 bits per heavy atom. The molecule has 1 unspecified atom stereocenters. The summed E-state index contributed by atoms with van der Waals surface area (Å²) in [4.78, 5) is 43.4. The fraction of sp³-hybridized carbons (Fsp3) is 0.154. The summed E-state index contributed by atoms with van der Waals surface area (Å²) in [6.07, 6.45) is 0.489. The normalized spacial score (nSPS) is 16.7. The van der Waals surface area contributed by atoms with Crippen molar-refractivity contribution in [1.82, 2.24) is 4.90 Å². The molecule has 0 saturated carbocycles. The molecule has 2 N–H and O–H groups in total. The van der Waals surface area contributed by atoms with E-state index in [0.29, 0.717) is 34.5 Å². The van der Waals surface area contributed by atoms with Crippen LogP contribution in [0.15, 0.2) is 77.8 Å². The molecule has 184 valence electrons. The second kappa shape index (κ2) is 11.4. The lowest BCUT2D eigenvalue weighted by Gasteiger charge is -2.32. The number of carbonyl (C=O) groups excluding carboxylic acids is 2. The molecule has 7 nitrogen and oxygen atoms in total. The van der Waals surface area contributed by atoms with Gasteiger partial charge in [0, 0.05) is 23.7 Å². The largest absolute Gasteiger partial charge is 0.478 e. The Morgan fingerprint density at radius 1 is 1.11 bits per heavy atom. The summed E-state index contributed by atoms with van der Waals surface area (Å²) in [5.41, 5.74) is 1.78. The second-order valence-corrected chi connectivity index (χ2v) is 9.58. The maximum atomic E-state index is 13.4. The summed E-state index contributed by atoms with van der Waals surface area (Å²) in [7, 11) is 0. The van der Waals surface area contributed by atoms with Crippen LogP contribution in [0, 0.1) is 5.82 Å². The number of rotatable bonds is 7. The van der Waals surface area contributed by atoms with E-state index in [-0.39, 0.29) is 17.9 Å². The van der Waals surface area contributed by atoms with Gasteiger partial charge in [-0.3, -0.25) is 14.5 Å². The molecule has 0 bridgehead atoms. The Hall–Kier alpha value is -3.69. The molecule has 1 saturated heterocycles. The fourth-order valence-electron chi connectivity index (χ4n) is 3.53. The highest BCUT2D eigenvalue weighted by Gasteiger charge is 2.35. The number of benzene rings is 3. The fourth-order valence-corrected chi connectivity index (χ4v) is 4.78. The Labute approximate surface area is 216 Å². The van der Waals surface area contributed by atoms with Crippen LogP contribution in [0.1, 0.15) is 22.3 Å². The Kier molecular flexibility index (Phi) is 8.02. The standard InChI is InChI=1S/C26H21ClFN3O4S/c27-18-6-4-16(5-7-18)12-13-31-23(32)15-22(36-26(31)30-20-10-8-19(28)9-11-20)24(33)29-21-3-1-2-17(14-21)25(34)35/h1-11,14,22H,12-13,15H2,(H,29,33)(H,34,35). The summed E-state index contributed by atoms with van der Waals surface area (Å²) in [5.74, 6) is -2.24. The van der Waals surface area contributed by atoms with Crippen molar-refractivity contribution in [2.45, 2.75) is 18.1 Å². The molecule has 10 heteroatoms. The molecule has 1 aliphatic rings. The number of carboxylic acids is 1. The smallest absolute Gasteiger partial charge is 0.335 e. The summed E-state index contributed by atoms with van der Waals surface area (Å²) < 4.78 is 13.4. The van der Waals surface area contributed by atoms with E-state index in [1.807, 2.05) is 12.1 Å². The molecule has 1 heterocycles. The molecule has 1 fully saturated rings. The van der Waals surface area contributed by atoms with Crippen LogP contribution in [-0.2, 0) is 16.0 Å². The number of nitrogens with zero attached hydrogens (tertiary/aromatic N) is 2. The van der Waals surface area contributed by atoms with Crippen molar-refractivity contribution < 1.29 is 23.9 Å². The van der Waals surface area contributed by atoms with Crippen molar-refractivity contribution in [3.8, 4) is 0 Å². The van der Waals surface area contributed by atoms with E-state index in [2.05, 4.69) is 10.3 Å². The van der Waals surface area contributed by atoms with Crippen LogP contribution in [0.3, 0.4) is 0 Å². The molecule has 4 rings (SSSR count). The van der Waals surface area contributed by atoms with Crippen molar-refractivity contribution in [1.29, 1.82) is 0 Å². The van der Waals surface area contributed by atoms with Crippen LogP contribution in [0.4, 0.5) is 15.8 Å². The van der Waals surface area contributed by atoms with E-state index in [1.165, 1.54) is 47.4 Å². The van der Waals surface area contributed by atoms with Gasteiger partial charge in [-0.05, 0) is 66.6 Å². The van der Waals surface area contributed by atoms with Gasteiger partial charge in [0.05, 0.1) is 11.3 Å². The third-order valence-electron chi connectivity index (χ3n) is 5.40. The van der Waals surface area contributed by atoms with E-state index in [9.17, 15) is 23.9 Å². The highest BCUT2D eigenvalue weighted by Crippen LogP contribution is 2.30. The van der Waals surface area contributed by atoms with E-state index in [0.717, 1.165) is 17.3 Å². The molecule has 0 aliphatic carbocycles. The van der Waals surface area contributed by atoms with E-state index >= 15 is 0 Å². The number of thioether (sulfide) groups is 1. The average Bonchev–Trinajstić information content (AvgIpc) is 2.86. The summed E-state index contributed by atoms with van der Waals surface area (Å²) in [6, 6.07) is 18.7. The number of aliphatic imine (C=N–C) groups is 1. The van der Waals surface area contributed by atoms with E-state index in [4.69, 9.17) is 11.6 Å². The Bertz CT molecular complexity index is 1320. The number of anilines is 1. The second-order valence-electron chi connectivity index (χ2n) is 7.98. The maximum absolute atomic E-state index is 13.4. The minimum absolute atomic E-state index is 0.0344. The highest BCUT2D eigenvalue weighted by atomic mass is 35.5. The molecule has 0 aromatic heterocycles. The first-order valence-electron chi connectivity index (χ1n) is 11.0. The van der Waals surface area contributed by atoms with Gasteiger partial charge in [0.25, 0.3) is 0 Å². The van der Waals surface area contributed by atoms with Crippen molar-refractivity contribution in [2.75, 3.05) is 11.9 Å². The topological polar surface area (TPSA) is 99.1 Å². The molecular formula is C26H21ClFN3O4S. The third kappa shape index (κ3) is 6.50. The predicted molar refractivity (Wildman–Crippen MR) is 138 cm³/mol.